The van der Waals surface area contributed by atoms with Crippen LogP contribution in [0.1, 0.15) is 10.4 Å². The first-order chi connectivity index (χ1) is 5.69. The van der Waals surface area contributed by atoms with E-state index in [2.05, 4.69) is 15.9 Å². The van der Waals surface area contributed by atoms with Gasteiger partial charge in [0.05, 0.1) is 17.1 Å². The molecule has 0 aromatic heterocycles. The normalized spacial score (nSPS) is 9.50. The van der Waals surface area contributed by atoms with Crippen molar-refractivity contribution >= 4 is 22.2 Å². The molecule has 1 rings (SSSR count). The van der Waals surface area contributed by atoms with E-state index in [0.29, 0.717) is 22.1 Å². The predicted octanol–water partition coefficient (Wildman–Crippen LogP) is 1.98. The highest BCUT2D eigenvalue weighted by atomic mass is 79.9. The van der Waals surface area contributed by atoms with Gasteiger partial charge in [-0.1, -0.05) is 0 Å². The predicted molar refractivity (Wildman–Crippen MR) is 47.7 cm³/mol. The second-order valence-corrected chi connectivity index (χ2v) is 3.02. The van der Waals surface area contributed by atoms with Crippen LogP contribution in [0, 0.1) is 0 Å². The molecular weight excluding hydrogens is 224 g/mol. The number of rotatable bonds is 2. The Hall–Kier alpha value is -1.03. The molecule has 0 radical (unpaired) electrons. The molecule has 0 fully saturated rings. The van der Waals surface area contributed by atoms with Gasteiger partial charge in [0, 0.05) is 6.07 Å². The monoisotopic (exact) mass is 230 g/mol. The quantitative estimate of drug-likeness (QED) is 0.791. The maximum atomic E-state index is 10.5. The summed E-state index contributed by atoms with van der Waals surface area (Å²) < 4.78 is 5.34. The van der Waals surface area contributed by atoms with Crippen molar-refractivity contribution in [2.45, 2.75) is 0 Å². The zero-order chi connectivity index (χ0) is 9.14. The fraction of sp³-hybridized carbons (Fsp3) is 0.125. The number of aldehydes is 1. The molecule has 0 aliphatic rings. The third-order valence-corrected chi connectivity index (χ3v) is 2.06. The van der Waals surface area contributed by atoms with Crippen molar-refractivity contribution < 1.29 is 14.6 Å². The summed E-state index contributed by atoms with van der Waals surface area (Å²) in [5.74, 6) is 0.420. The molecule has 12 heavy (non-hydrogen) atoms. The second-order valence-electron chi connectivity index (χ2n) is 2.16. The molecule has 1 aromatic rings. The lowest BCUT2D eigenvalue weighted by Gasteiger charge is -2.04. The zero-order valence-corrected chi connectivity index (χ0v) is 7.96. The number of methoxy groups -OCH3 is 1. The lowest BCUT2D eigenvalue weighted by molar-refractivity contribution is 0.112. The number of halogens is 1. The van der Waals surface area contributed by atoms with Crippen LogP contribution in [-0.4, -0.2) is 18.5 Å². The summed E-state index contributed by atoms with van der Waals surface area (Å²) in [4.78, 5) is 10.5. The molecule has 0 unspecified atom stereocenters. The van der Waals surface area contributed by atoms with E-state index in [1.165, 1.54) is 19.2 Å². The van der Waals surface area contributed by atoms with Gasteiger partial charge in [0.2, 0.25) is 0 Å². The smallest absolute Gasteiger partial charge is 0.153 e. The van der Waals surface area contributed by atoms with E-state index in [1.807, 2.05) is 0 Å². The molecule has 0 aliphatic carbocycles. The molecule has 0 aliphatic heterocycles. The van der Waals surface area contributed by atoms with Gasteiger partial charge in [-0.15, -0.1) is 0 Å². The fourth-order valence-electron chi connectivity index (χ4n) is 0.827. The maximum absolute atomic E-state index is 10.5. The van der Waals surface area contributed by atoms with E-state index in [0.717, 1.165) is 0 Å². The summed E-state index contributed by atoms with van der Waals surface area (Å²) in [5.41, 5.74) is 0.405. The van der Waals surface area contributed by atoms with Crippen LogP contribution in [0.5, 0.6) is 11.5 Å². The second kappa shape index (κ2) is 3.58. The molecule has 0 atom stereocenters. The molecular formula is C8H7BrO3. The number of ether oxygens (including phenoxy) is 1. The number of carbonyl (C=O) groups excluding carboxylic acids is 1. The average Bonchev–Trinajstić information content (AvgIpc) is 2.09. The van der Waals surface area contributed by atoms with E-state index < -0.39 is 0 Å². The first kappa shape index (κ1) is 9.06. The maximum Gasteiger partial charge on any atom is 0.153 e. The molecule has 4 heteroatoms. The van der Waals surface area contributed by atoms with E-state index >= 15 is 0 Å². The fourth-order valence-corrected chi connectivity index (χ4v) is 1.19. The summed E-state index contributed by atoms with van der Waals surface area (Å²) in [6.07, 6.45) is 0.670. The number of phenols is 1. The van der Waals surface area contributed by atoms with E-state index in [-0.39, 0.29) is 5.75 Å². The Morgan fingerprint density at radius 3 is 2.75 bits per heavy atom. The van der Waals surface area contributed by atoms with Crippen molar-refractivity contribution in [1.29, 1.82) is 0 Å². The largest absolute Gasteiger partial charge is 0.507 e. The summed E-state index contributed by atoms with van der Waals surface area (Å²) in [6, 6.07) is 2.88. The lowest BCUT2D eigenvalue weighted by Crippen LogP contribution is -1.90. The van der Waals surface area contributed by atoms with Gasteiger partial charge in [-0.05, 0) is 22.0 Å². The molecule has 64 valence electrons. The van der Waals surface area contributed by atoms with Crippen molar-refractivity contribution in [3.63, 3.8) is 0 Å². The van der Waals surface area contributed by atoms with Crippen molar-refractivity contribution in [3.8, 4) is 11.5 Å². The Balaban J connectivity index is 3.28. The molecule has 3 nitrogen and oxygen atoms in total. The highest BCUT2D eigenvalue weighted by Crippen LogP contribution is 2.30. The Labute approximate surface area is 78.1 Å². The Kier molecular flexibility index (Phi) is 2.70. The molecule has 1 aromatic carbocycles. The first-order valence-electron chi connectivity index (χ1n) is 3.20. The first-order valence-corrected chi connectivity index (χ1v) is 4.00. The zero-order valence-electron chi connectivity index (χ0n) is 6.37. The number of benzene rings is 1. The third-order valence-electron chi connectivity index (χ3n) is 1.43. The third kappa shape index (κ3) is 1.58. The van der Waals surface area contributed by atoms with Crippen LogP contribution in [0.25, 0.3) is 0 Å². The van der Waals surface area contributed by atoms with Crippen molar-refractivity contribution in [1.82, 2.24) is 0 Å². The van der Waals surface area contributed by atoms with Crippen molar-refractivity contribution in [2.24, 2.45) is 0 Å². The molecule has 1 N–H and O–H groups in total. The standard InChI is InChI=1S/C8H7BrO3/c1-12-8-3-7(11)6(9)2-5(8)4-10/h2-4,11H,1H3. The van der Waals surface area contributed by atoms with Crippen LogP contribution >= 0.6 is 15.9 Å². The average molecular weight is 231 g/mol. The minimum atomic E-state index is 0.0532. The summed E-state index contributed by atoms with van der Waals surface area (Å²) in [7, 11) is 1.44. The number of hydrogen-bond donors (Lipinski definition) is 1. The van der Waals surface area contributed by atoms with Crippen LogP contribution in [0.2, 0.25) is 0 Å². The summed E-state index contributed by atoms with van der Waals surface area (Å²) in [5, 5.41) is 9.21. The van der Waals surface area contributed by atoms with Crippen LogP contribution < -0.4 is 4.74 Å². The van der Waals surface area contributed by atoms with Gasteiger partial charge in [0.25, 0.3) is 0 Å². The van der Waals surface area contributed by atoms with Crippen molar-refractivity contribution in [3.05, 3.63) is 22.2 Å². The lowest BCUT2D eigenvalue weighted by atomic mass is 10.2. The van der Waals surface area contributed by atoms with Gasteiger partial charge < -0.3 is 9.84 Å². The van der Waals surface area contributed by atoms with Crippen LogP contribution in [0.4, 0.5) is 0 Å². The minimum Gasteiger partial charge on any atom is -0.507 e. The number of aromatic hydroxyl groups is 1. The Bertz CT molecular complexity index is 309. The molecule has 0 spiro atoms. The molecule has 0 saturated heterocycles. The SMILES string of the molecule is COc1cc(O)c(Br)cc1C=O. The van der Waals surface area contributed by atoms with Gasteiger partial charge in [0.1, 0.15) is 11.5 Å². The van der Waals surface area contributed by atoms with Crippen molar-refractivity contribution in [2.75, 3.05) is 7.11 Å². The number of phenolic OH excluding ortho intramolecular Hbond substituents is 1. The van der Waals surface area contributed by atoms with Gasteiger partial charge in [-0.2, -0.15) is 0 Å². The van der Waals surface area contributed by atoms with Crippen LogP contribution in [0.3, 0.4) is 0 Å². The van der Waals surface area contributed by atoms with Gasteiger partial charge in [-0.3, -0.25) is 4.79 Å². The topological polar surface area (TPSA) is 46.5 Å². The number of carbonyl (C=O) groups is 1. The van der Waals surface area contributed by atoms with Gasteiger partial charge >= 0.3 is 0 Å². The summed E-state index contributed by atoms with van der Waals surface area (Å²) >= 11 is 3.09. The summed E-state index contributed by atoms with van der Waals surface area (Å²) in [6.45, 7) is 0. The molecule has 0 bridgehead atoms. The molecule has 0 heterocycles. The van der Waals surface area contributed by atoms with E-state index in [1.54, 1.807) is 0 Å². The van der Waals surface area contributed by atoms with Crippen LogP contribution in [0.15, 0.2) is 16.6 Å². The van der Waals surface area contributed by atoms with Gasteiger partial charge in [-0.25, -0.2) is 0 Å². The minimum absolute atomic E-state index is 0.0532. The van der Waals surface area contributed by atoms with E-state index in [9.17, 15) is 9.90 Å². The molecule has 0 saturated carbocycles. The Morgan fingerprint density at radius 2 is 2.25 bits per heavy atom. The highest BCUT2D eigenvalue weighted by Gasteiger charge is 2.06. The number of hydrogen-bond acceptors (Lipinski definition) is 3. The molecule has 0 amide bonds. The highest BCUT2D eigenvalue weighted by molar-refractivity contribution is 9.10. The van der Waals surface area contributed by atoms with E-state index in [4.69, 9.17) is 4.74 Å². The van der Waals surface area contributed by atoms with Gasteiger partial charge in [0.15, 0.2) is 6.29 Å². The van der Waals surface area contributed by atoms with Crippen LogP contribution in [-0.2, 0) is 0 Å². The Morgan fingerprint density at radius 1 is 1.58 bits per heavy atom.